The van der Waals surface area contributed by atoms with Gasteiger partial charge in [-0.2, -0.15) is 0 Å². The van der Waals surface area contributed by atoms with Crippen LogP contribution in [0.1, 0.15) is 26.2 Å². The Kier molecular flexibility index (Phi) is 3.38. The Labute approximate surface area is 118 Å². The molecule has 2 aliphatic rings. The van der Waals surface area contributed by atoms with E-state index in [4.69, 9.17) is 5.73 Å². The van der Waals surface area contributed by atoms with E-state index in [0.29, 0.717) is 11.7 Å². The Morgan fingerprint density at radius 1 is 1.50 bits per heavy atom. The molecule has 1 aromatic carbocycles. The Morgan fingerprint density at radius 3 is 2.95 bits per heavy atom. The molecule has 5 heteroatoms. The fourth-order valence-corrected chi connectivity index (χ4v) is 3.46. The summed E-state index contributed by atoms with van der Waals surface area (Å²) in [5.74, 6) is 0.115. The van der Waals surface area contributed by atoms with Crippen LogP contribution in [0.2, 0.25) is 0 Å². The predicted octanol–water partition coefficient (Wildman–Crippen LogP) is 2.22. The number of amides is 1. The number of likely N-dealkylation sites (tertiary alicyclic amines) is 1. The van der Waals surface area contributed by atoms with Crippen molar-refractivity contribution in [1.29, 1.82) is 0 Å². The van der Waals surface area contributed by atoms with Gasteiger partial charge in [0.1, 0.15) is 5.82 Å². The van der Waals surface area contributed by atoms with Crippen molar-refractivity contribution >= 4 is 17.3 Å². The topological polar surface area (TPSA) is 58.4 Å². The van der Waals surface area contributed by atoms with E-state index in [9.17, 15) is 9.18 Å². The number of hydrogen-bond donors (Lipinski definition) is 2. The van der Waals surface area contributed by atoms with E-state index < -0.39 is 5.82 Å². The molecule has 1 aliphatic heterocycles. The number of rotatable bonds is 3. The van der Waals surface area contributed by atoms with Gasteiger partial charge in [-0.3, -0.25) is 9.69 Å². The monoisotopic (exact) mass is 277 g/mol. The first-order chi connectivity index (χ1) is 9.54. The lowest BCUT2D eigenvalue weighted by Crippen LogP contribution is -2.46. The molecule has 4 nitrogen and oxygen atoms in total. The zero-order chi connectivity index (χ0) is 14.3. The highest BCUT2D eigenvalue weighted by atomic mass is 19.1. The molecule has 2 fully saturated rings. The lowest BCUT2D eigenvalue weighted by Gasteiger charge is -2.31. The van der Waals surface area contributed by atoms with Crippen molar-refractivity contribution in [3.05, 3.63) is 24.0 Å². The number of nitrogens with zero attached hydrogens (tertiary/aromatic N) is 1. The maximum Gasteiger partial charge on any atom is 0.241 e. The number of nitrogens with two attached hydrogens (primary N) is 1. The lowest BCUT2D eigenvalue weighted by molar-refractivity contribution is -0.121. The first kappa shape index (κ1) is 13.4. The van der Waals surface area contributed by atoms with Crippen LogP contribution in [0.15, 0.2) is 18.2 Å². The second kappa shape index (κ2) is 5.05. The largest absolute Gasteiger partial charge is 0.399 e. The summed E-state index contributed by atoms with van der Waals surface area (Å²) in [6.45, 7) is 2.87. The molecule has 1 aromatic rings. The molecular weight excluding hydrogens is 257 g/mol. The van der Waals surface area contributed by atoms with Crippen LogP contribution in [-0.2, 0) is 4.79 Å². The van der Waals surface area contributed by atoms with Crippen LogP contribution in [0.25, 0.3) is 0 Å². The molecule has 1 saturated heterocycles. The number of anilines is 2. The summed E-state index contributed by atoms with van der Waals surface area (Å²) in [6, 6.07) is 4.50. The van der Waals surface area contributed by atoms with E-state index >= 15 is 0 Å². The number of piperidine rings is 1. The SMILES string of the molecule is CC(C(=O)Nc1cc(N)ccc1F)N1CC2CCC1C2. The number of fused-ring (bicyclic) bond motifs is 2. The molecule has 3 rings (SSSR count). The Bertz CT molecular complexity index is 534. The van der Waals surface area contributed by atoms with Crippen LogP contribution in [0.3, 0.4) is 0 Å². The number of hydrogen-bond acceptors (Lipinski definition) is 3. The Balaban J connectivity index is 1.68. The van der Waals surface area contributed by atoms with Crippen LogP contribution < -0.4 is 11.1 Å². The summed E-state index contributed by atoms with van der Waals surface area (Å²) in [5.41, 5.74) is 6.22. The van der Waals surface area contributed by atoms with E-state index in [1.54, 1.807) is 0 Å². The van der Waals surface area contributed by atoms with Gasteiger partial charge in [0, 0.05) is 18.3 Å². The van der Waals surface area contributed by atoms with Gasteiger partial charge in [-0.05, 0) is 50.3 Å². The number of carbonyl (C=O) groups is 1. The Hall–Kier alpha value is -1.62. The summed E-state index contributed by atoms with van der Waals surface area (Å²) in [6.07, 6.45) is 3.65. The molecule has 0 spiro atoms. The molecule has 20 heavy (non-hydrogen) atoms. The maximum atomic E-state index is 13.6. The van der Waals surface area contributed by atoms with Crippen molar-refractivity contribution in [2.75, 3.05) is 17.6 Å². The highest BCUT2D eigenvalue weighted by Gasteiger charge is 2.41. The molecule has 3 unspecified atom stereocenters. The first-order valence-electron chi connectivity index (χ1n) is 7.16. The van der Waals surface area contributed by atoms with Gasteiger partial charge in [0.25, 0.3) is 0 Å². The second-order valence-electron chi connectivity index (χ2n) is 5.93. The molecule has 1 saturated carbocycles. The zero-order valence-electron chi connectivity index (χ0n) is 11.6. The molecule has 0 aromatic heterocycles. The molecule has 3 atom stereocenters. The van der Waals surface area contributed by atoms with Crippen LogP contribution in [0, 0.1) is 11.7 Å². The quantitative estimate of drug-likeness (QED) is 0.833. The molecule has 3 N–H and O–H groups in total. The minimum absolute atomic E-state index is 0.159. The molecule has 1 aliphatic carbocycles. The first-order valence-corrected chi connectivity index (χ1v) is 7.16. The van der Waals surface area contributed by atoms with Crippen molar-refractivity contribution in [2.45, 2.75) is 38.3 Å². The average Bonchev–Trinajstić information content (AvgIpc) is 3.04. The smallest absolute Gasteiger partial charge is 0.241 e. The molecule has 1 amide bonds. The summed E-state index contributed by atoms with van der Waals surface area (Å²) >= 11 is 0. The van der Waals surface area contributed by atoms with Gasteiger partial charge >= 0.3 is 0 Å². The number of nitrogens with one attached hydrogen (secondary N) is 1. The highest BCUT2D eigenvalue weighted by Crippen LogP contribution is 2.38. The minimum Gasteiger partial charge on any atom is -0.399 e. The minimum atomic E-state index is -0.456. The van der Waals surface area contributed by atoms with E-state index in [1.165, 1.54) is 37.5 Å². The second-order valence-corrected chi connectivity index (χ2v) is 5.93. The van der Waals surface area contributed by atoms with E-state index in [2.05, 4.69) is 10.2 Å². The molecular formula is C15H20FN3O. The van der Waals surface area contributed by atoms with Gasteiger partial charge in [0.15, 0.2) is 0 Å². The van der Waals surface area contributed by atoms with Gasteiger partial charge in [0.05, 0.1) is 11.7 Å². The zero-order valence-corrected chi connectivity index (χ0v) is 11.6. The molecule has 1 heterocycles. The molecule has 108 valence electrons. The third-order valence-corrected chi connectivity index (χ3v) is 4.58. The van der Waals surface area contributed by atoms with E-state index in [1.807, 2.05) is 6.92 Å². The molecule has 2 bridgehead atoms. The highest BCUT2D eigenvalue weighted by molar-refractivity contribution is 5.95. The van der Waals surface area contributed by atoms with Gasteiger partial charge in [-0.25, -0.2) is 4.39 Å². The van der Waals surface area contributed by atoms with E-state index in [0.717, 1.165) is 12.5 Å². The lowest BCUT2D eigenvalue weighted by atomic mass is 10.1. The van der Waals surface area contributed by atoms with Crippen LogP contribution in [-0.4, -0.2) is 29.4 Å². The predicted molar refractivity (Wildman–Crippen MR) is 76.7 cm³/mol. The van der Waals surface area contributed by atoms with Gasteiger partial charge in [-0.15, -0.1) is 0 Å². The van der Waals surface area contributed by atoms with Crippen molar-refractivity contribution < 1.29 is 9.18 Å². The number of benzene rings is 1. The summed E-state index contributed by atoms with van der Waals surface area (Å²) in [4.78, 5) is 14.5. The van der Waals surface area contributed by atoms with Crippen molar-refractivity contribution in [2.24, 2.45) is 5.92 Å². The van der Waals surface area contributed by atoms with Crippen LogP contribution in [0.5, 0.6) is 0 Å². The maximum absolute atomic E-state index is 13.6. The van der Waals surface area contributed by atoms with Crippen LogP contribution >= 0.6 is 0 Å². The summed E-state index contributed by atoms with van der Waals surface area (Å²) in [7, 11) is 0. The van der Waals surface area contributed by atoms with Gasteiger partial charge in [0.2, 0.25) is 5.91 Å². The third-order valence-electron chi connectivity index (χ3n) is 4.58. The normalized spacial score (nSPS) is 26.7. The summed E-state index contributed by atoms with van der Waals surface area (Å²) in [5, 5.41) is 2.65. The van der Waals surface area contributed by atoms with E-state index in [-0.39, 0.29) is 17.6 Å². The van der Waals surface area contributed by atoms with Gasteiger partial charge in [-0.1, -0.05) is 0 Å². The average molecular weight is 277 g/mol. The van der Waals surface area contributed by atoms with Gasteiger partial charge < -0.3 is 11.1 Å². The Morgan fingerprint density at radius 2 is 2.30 bits per heavy atom. The van der Waals surface area contributed by atoms with Crippen molar-refractivity contribution in [3.8, 4) is 0 Å². The van der Waals surface area contributed by atoms with Crippen LogP contribution in [0.4, 0.5) is 15.8 Å². The fraction of sp³-hybridized carbons (Fsp3) is 0.533. The standard InChI is InChI=1S/C15H20FN3O/c1-9(19-8-10-2-4-12(19)6-10)15(20)18-14-7-11(17)3-5-13(14)16/h3,5,7,9-10,12H,2,4,6,8,17H2,1H3,(H,18,20). The number of carbonyl (C=O) groups excluding carboxylic acids is 1. The third kappa shape index (κ3) is 2.38. The fourth-order valence-electron chi connectivity index (χ4n) is 3.46. The number of nitrogen functional groups attached to an aromatic ring is 1. The number of halogens is 1. The van der Waals surface area contributed by atoms with Crippen molar-refractivity contribution in [3.63, 3.8) is 0 Å². The van der Waals surface area contributed by atoms with Crippen molar-refractivity contribution in [1.82, 2.24) is 4.90 Å². The summed E-state index contributed by atoms with van der Waals surface area (Å²) < 4.78 is 13.6. The molecule has 0 radical (unpaired) electrons.